The van der Waals surface area contributed by atoms with Crippen LogP contribution in [0.25, 0.3) is 0 Å². The van der Waals surface area contributed by atoms with Gasteiger partial charge >= 0.3 is 0 Å². The molecule has 22 heavy (non-hydrogen) atoms. The lowest BCUT2D eigenvalue weighted by molar-refractivity contribution is -0.116. The van der Waals surface area contributed by atoms with Gasteiger partial charge in [-0.15, -0.1) is 0 Å². The topological polar surface area (TPSA) is 38.3 Å². The molecule has 3 nitrogen and oxygen atoms in total. The molecule has 0 unspecified atom stereocenters. The Morgan fingerprint density at radius 2 is 1.73 bits per heavy atom. The molecule has 0 atom stereocenters. The fourth-order valence-electron chi connectivity index (χ4n) is 2.10. The molecule has 0 saturated heterocycles. The number of carbonyl (C=O) groups is 1. The van der Waals surface area contributed by atoms with Gasteiger partial charge < -0.3 is 10.1 Å². The van der Waals surface area contributed by atoms with Gasteiger partial charge in [0.2, 0.25) is 5.91 Å². The van der Waals surface area contributed by atoms with Crippen LogP contribution >= 0.6 is 0 Å². The highest BCUT2D eigenvalue weighted by Gasteiger charge is 2.04. The first-order chi connectivity index (χ1) is 10.5. The van der Waals surface area contributed by atoms with E-state index in [0.29, 0.717) is 19.4 Å². The zero-order valence-corrected chi connectivity index (χ0v) is 13.5. The highest BCUT2D eigenvalue weighted by Crippen LogP contribution is 2.15. The largest absolute Gasteiger partial charge is 0.494 e. The van der Waals surface area contributed by atoms with Gasteiger partial charge in [0.05, 0.1) is 6.61 Å². The van der Waals surface area contributed by atoms with E-state index in [1.54, 1.807) is 0 Å². The van der Waals surface area contributed by atoms with Crippen molar-refractivity contribution in [3.63, 3.8) is 0 Å². The first-order valence-corrected chi connectivity index (χ1v) is 7.61. The lowest BCUT2D eigenvalue weighted by Crippen LogP contribution is -2.13. The van der Waals surface area contributed by atoms with Crippen LogP contribution < -0.4 is 10.1 Å². The summed E-state index contributed by atoms with van der Waals surface area (Å²) in [6.07, 6.45) is 1.16. The molecule has 2 aromatic carbocycles. The summed E-state index contributed by atoms with van der Waals surface area (Å²) in [6, 6.07) is 13.9. The monoisotopic (exact) mass is 297 g/mol. The number of carbonyl (C=O) groups excluding carboxylic acids is 1. The van der Waals surface area contributed by atoms with Crippen molar-refractivity contribution in [3.8, 4) is 5.75 Å². The van der Waals surface area contributed by atoms with Crippen LogP contribution in [-0.2, 0) is 4.79 Å². The molecule has 0 radical (unpaired) electrons. The number of aryl methyl sites for hydroxylation is 3. The van der Waals surface area contributed by atoms with Crippen molar-refractivity contribution in [2.45, 2.75) is 33.6 Å². The second kappa shape index (κ2) is 7.64. The molecule has 116 valence electrons. The smallest absolute Gasteiger partial charge is 0.224 e. The molecule has 3 heteroatoms. The van der Waals surface area contributed by atoms with Crippen LogP contribution in [0.3, 0.4) is 0 Å². The van der Waals surface area contributed by atoms with E-state index in [9.17, 15) is 4.79 Å². The average Bonchev–Trinajstić information content (AvgIpc) is 2.49. The number of benzene rings is 2. The van der Waals surface area contributed by atoms with Crippen molar-refractivity contribution in [1.29, 1.82) is 0 Å². The van der Waals surface area contributed by atoms with Crippen molar-refractivity contribution >= 4 is 11.6 Å². The second-order valence-corrected chi connectivity index (χ2v) is 5.61. The molecule has 0 aliphatic heterocycles. The minimum atomic E-state index is 0.0239. The molecule has 0 aromatic heterocycles. The van der Waals surface area contributed by atoms with Gasteiger partial charge in [0, 0.05) is 12.1 Å². The lowest BCUT2D eigenvalue weighted by Gasteiger charge is -2.08. The molecule has 2 rings (SSSR count). The third-order valence-corrected chi connectivity index (χ3v) is 3.63. The molecule has 0 aliphatic rings. The van der Waals surface area contributed by atoms with E-state index in [1.165, 1.54) is 16.7 Å². The summed E-state index contributed by atoms with van der Waals surface area (Å²) in [5, 5.41) is 2.92. The van der Waals surface area contributed by atoms with Crippen LogP contribution in [0.5, 0.6) is 5.75 Å². The number of ether oxygens (including phenoxy) is 1. The Balaban J connectivity index is 1.71. The van der Waals surface area contributed by atoms with Crippen LogP contribution in [-0.4, -0.2) is 12.5 Å². The van der Waals surface area contributed by atoms with Gasteiger partial charge in [-0.2, -0.15) is 0 Å². The van der Waals surface area contributed by atoms with Crippen molar-refractivity contribution < 1.29 is 9.53 Å². The summed E-state index contributed by atoms with van der Waals surface area (Å²) in [5.74, 6) is 0.871. The van der Waals surface area contributed by atoms with E-state index in [2.05, 4.69) is 12.2 Å². The van der Waals surface area contributed by atoms with Gasteiger partial charge in [0.1, 0.15) is 5.75 Å². The lowest BCUT2D eigenvalue weighted by atomic mass is 10.1. The molecule has 2 aromatic rings. The number of hydrogen-bond acceptors (Lipinski definition) is 2. The van der Waals surface area contributed by atoms with Gasteiger partial charge in [0.25, 0.3) is 0 Å². The summed E-state index contributed by atoms with van der Waals surface area (Å²) in [5.41, 5.74) is 4.47. The van der Waals surface area contributed by atoms with E-state index in [0.717, 1.165) is 11.4 Å². The Kier molecular flexibility index (Phi) is 5.59. The Bertz CT molecular complexity index is 632. The van der Waals surface area contributed by atoms with E-state index in [4.69, 9.17) is 4.74 Å². The minimum Gasteiger partial charge on any atom is -0.494 e. The van der Waals surface area contributed by atoms with Crippen molar-refractivity contribution in [1.82, 2.24) is 0 Å². The van der Waals surface area contributed by atoms with E-state index >= 15 is 0 Å². The zero-order chi connectivity index (χ0) is 15.9. The van der Waals surface area contributed by atoms with E-state index in [-0.39, 0.29) is 5.91 Å². The molecule has 0 heterocycles. The maximum absolute atomic E-state index is 11.9. The van der Waals surface area contributed by atoms with Crippen LogP contribution in [0.4, 0.5) is 5.69 Å². The predicted octanol–water partition coefficient (Wildman–Crippen LogP) is 4.41. The third kappa shape index (κ3) is 4.92. The minimum absolute atomic E-state index is 0.0239. The van der Waals surface area contributed by atoms with Crippen LogP contribution in [0.1, 0.15) is 29.5 Å². The van der Waals surface area contributed by atoms with E-state index < -0.39 is 0 Å². The van der Waals surface area contributed by atoms with Gasteiger partial charge in [-0.1, -0.05) is 23.8 Å². The summed E-state index contributed by atoms with van der Waals surface area (Å²) in [4.78, 5) is 11.9. The fraction of sp³-hybridized carbons (Fsp3) is 0.316. The standard InChI is InChI=1S/C19H23NO2/c1-14-6-10-18(11-7-14)22-12-4-5-19(21)20-17-9-8-15(2)16(3)13-17/h6-11,13H,4-5,12H2,1-3H3,(H,20,21). The van der Waals surface area contributed by atoms with Gasteiger partial charge in [-0.25, -0.2) is 0 Å². The summed E-state index contributed by atoms with van der Waals surface area (Å²) in [6.45, 7) is 6.69. The normalized spacial score (nSPS) is 10.3. The molecule has 1 amide bonds. The van der Waals surface area contributed by atoms with E-state index in [1.807, 2.05) is 56.3 Å². The molecule has 1 N–H and O–H groups in total. The Morgan fingerprint density at radius 3 is 2.41 bits per heavy atom. The maximum Gasteiger partial charge on any atom is 0.224 e. The van der Waals surface area contributed by atoms with Gasteiger partial charge in [-0.05, 0) is 62.6 Å². The summed E-state index contributed by atoms with van der Waals surface area (Å²) >= 11 is 0. The van der Waals surface area contributed by atoms with Gasteiger partial charge in [-0.3, -0.25) is 4.79 Å². The maximum atomic E-state index is 11.9. The third-order valence-electron chi connectivity index (χ3n) is 3.63. The van der Waals surface area contributed by atoms with Crippen molar-refractivity contribution in [2.24, 2.45) is 0 Å². The number of anilines is 1. The highest BCUT2D eigenvalue weighted by molar-refractivity contribution is 5.90. The van der Waals surface area contributed by atoms with Crippen LogP contribution in [0.15, 0.2) is 42.5 Å². The molecule has 0 spiro atoms. The first kappa shape index (κ1) is 16.1. The van der Waals surface area contributed by atoms with Gasteiger partial charge in [0.15, 0.2) is 0 Å². The first-order valence-electron chi connectivity index (χ1n) is 7.61. The van der Waals surface area contributed by atoms with Crippen molar-refractivity contribution in [2.75, 3.05) is 11.9 Å². The quantitative estimate of drug-likeness (QED) is 0.802. The Labute approximate surface area is 132 Å². The summed E-state index contributed by atoms with van der Waals surface area (Å²) < 4.78 is 5.62. The molecule has 0 aliphatic carbocycles. The fourth-order valence-corrected chi connectivity index (χ4v) is 2.10. The molecule has 0 saturated carbocycles. The second-order valence-electron chi connectivity index (χ2n) is 5.61. The number of hydrogen-bond donors (Lipinski definition) is 1. The molecule has 0 fully saturated rings. The zero-order valence-electron chi connectivity index (χ0n) is 13.5. The van der Waals surface area contributed by atoms with Crippen molar-refractivity contribution in [3.05, 3.63) is 59.2 Å². The molecular weight excluding hydrogens is 274 g/mol. The summed E-state index contributed by atoms with van der Waals surface area (Å²) in [7, 11) is 0. The van der Waals surface area contributed by atoms with Crippen LogP contribution in [0, 0.1) is 20.8 Å². The highest BCUT2D eigenvalue weighted by atomic mass is 16.5. The Hall–Kier alpha value is -2.29. The van der Waals surface area contributed by atoms with Crippen LogP contribution in [0.2, 0.25) is 0 Å². The average molecular weight is 297 g/mol. The molecular formula is C19H23NO2. The number of nitrogens with one attached hydrogen (secondary N) is 1. The predicted molar refractivity (Wildman–Crippen MR) is 90.5 cm³/mol. The number of rotatable bonds is 6. The molecule has 0 bridgehead atoms. The SMILES string of the molecule is Cc1ccc(OCCCC(=O)Nc2ccc(C)c(C)c2)cc1. The Morgan fingerprint density at radius 1 is 1.00 bits per heavy atom. The number of amides is 1.